The van der Waals surface area contributed by atoms with Crippen LogP contribution in [0.4, 0.5) is 0 Å². The maximum absolute atomic E-state index is 12.0. The topological polar surface area (TPSA) is 47.8 Å². The maximum Gasteiger partial charge on any atom is 0.268 e. The zero-order valence-corrected chi connectivity index (χ0v) is 12.9. The molecule has 0 aliphatic rings. The van der Waals surface area contributed by atoms with Crippen molar-refractivity contribution in [3.8, 4) is 0 Å². The Kier molecular flexibility index (Phi) is 3.97. The summed E-state index contributed by atoms with van der Waals surface area (Å²) in [6, 6.07) is 0. The fraction of sp³-hybridized carbons (Fsp3) is 0.417. The molecule has 0 aliphatic carbocycles. The second-order valence-electron chi connectivity index (χ2n) is 4.41. The van der Waals surface area contributed by atoms with Gasteiger partial charge in [-0.05, 0) is 22.9 Å². The summed E-state index contributed by atoms with van der Waals surface area (Å²) in [5, 5.41) is 3.09. The lowest BCUT2D eigenvalue weighted by Crippen LogP contribution is -2.22. The van der Waals surface area contributed by atoms with Crippen LogP contribution in [0.5, 0.6) is 0 Å². The molecule has 0 saturated carbocycles. The van der Waals surface area contributed by atoms with E-state index in [1.165, 1.54) is 0 Å². The third-order valence-corrected chi connectivity index (χ3v) is 4.66. The van der Waals surface area contributed by atoms with Crippen molar-refractivity contribution in [2.75, 3.05) is 0 Å². The number of hydrogen-bond acceptors (Lipinski definition) is 4. The van der Waals surface area contributed by atoms with Crippen LogP contribution in [-0.4, -0.2) is 14.5 Å². The zero-order chi connectivity index (χ0) is 13.3. The molecule has 2 rings (SSSR count). The molecule has 0 atom stereocenters. The van der Waals surface area contributed by atoms with E-state index in [-0.39, 0.29) is 5.56 Å². The first-order chi connectivity index (χ1) is 8.49. The highest BCUT2D eigenvalue weighted by molar-refractivity contribution is 9.10. The molecule has 0 aliphatic heterocycles. The predicted molar refractivity (Wildman–Crippen MR) is 76.2 cm³/mol. The van der Waals surface area contributed by atoms with Gasteiger partial charge in [-0.25, -0.2) is 9.97 Å². The van der Waals surface area contributed by atoms with Crippen LogP contribution in [-0.2, 0) is 6.54 Å². The zero-order valence-electron chi connectivity index (χ0n) is 10.5. The van der Waals surface area contributed by atoms with E-state index in [1.807, 2.05) is 5.38 Å². The molecule has 2 aromatic rings. The van der Waals surface area contributed by atoms with Gasteiger partial charge in [-0.15, -0.1) is 11.3 Å². The molecular weight excluding hydrogens is 314 g/mol. The Morgan fingerprint density at radius 1 is 1.50 bits per heavy atom. The van der Waals surface area contributed by atoms with E-state index in [2.05, 4.69) is 39.7 Å². The first-order valence-electron chi connectivity index (χ1n) is 5.65. The van der Waals surface area contributed by atoms with Gasteiger partial charge < -0.3 is 0 Å². The van der Waals surface area contributed by atoms with Crippen LogP contribution in [0.1, 0.15) is 36.2 Å². The average Bonchev–Trinajstić information content (AvgIpc) is 2.79. The van der Waals surface area contributed by atoms with E-state index in [1.54, 1.807) is 29.2 Å². The summed E-state index contributed by atoms with van der Waals surface area (Å²) < 4.78 is 2.08. The number of hydrogen-bond donors (Lipinski definition) is 0. The minimum atomic E-state index is -0.0680. The number of halogens is 1. The number of nitrogens with zero attached hydrogens (tertiary/aromatic N) is 3. The van der Waals surface area contributed by atoms with Crippen LogP contribution in [0.15, 0.2) is 21.0 Å². The van der Waals surface area contributed by atoms with Crippen molar-refractivity contribution >= 4 is 27.3 Å². The molecule has 0 spiro atoms. The highest BCUT2D eigenvalue weighted by Gasteiger charge is 2.09. The lowest BCUT2D eigenvalue weighted by atomic mass is 10.2. The lowest BCUT2D eigenvalue weighted by molar-refractivity contribution is 0.706. The minimum Gasteiger partial charge on any atom is -0.292 e. The van der Waals surface area contributed by atoms with Crippen molar-refractivity contribution in [1.29, 1.82) is 0 Å². The van der Waals surface area contributed by atoms with Gasteiger partial charge in [0.2, 0.25) is 0 Å². The summed E-state index contributed by atoms with van der Waals surface area (Å²) >= 11 is 4.89. The summed E-state index contributed by atoms with van der Waals surface area (Å²) in [7, 11) is 0. The normalized spacial score (nSPS) is 11.2. The summed E-state index contributed by atoms with van der Waals surface area (Å²) in [6.07, 6.45) is 1.57. The van der Waals surface area contributed by atoms with Crippen LogP contribution in [0.25, 0.3) is 0 Å². The SMILES string of the molecule is Cc1ncn(Cc2csc(C(C)C)n2)c(=O)c1Br. The maximum atomic E-state index is 12.0. The second kappa shape index (κ2) is 5.32. The van der Waals surface area contributed by atoms with Crippen molar-refractivity contribution in [2.45, 2.75) is 33.2 Å². The summed E-state index contributed by atoms with van der Waals surface area (Å²) in [5.74, 6) is 0.420. The van der Waals surface area contributed by atoms with Gasteiger partial charge >= 0.3 is 0 Å². The molecule has 6 heteroatoms. The first kappa shape index (κ1) is 13.4. The van der Waals surface area contributed by atoms with Crippen molar-refractivity contribution in [3.63, 3.8) is 0 Å². The lowest BCUT2D eigenvalue weighted by Gasteiger charge is -2.04. The van der Waals surface area contributed by atoms with E-state index in [4.69, 9.17) is 0 Å². The monoisotopic (exact) mass is 327 g/mol. The third kappa shape index (κ3) is 2.70. The van der Waals surface area contributed by atoms with E-state index in [0.29, 0.717) is 22.6 Å². The van der Waals surface area contributed by atoms with Gasteiger partial charge in [0.25, 0.3) is 5.56 Å². The number of aryl methyl sites for hydroxylation is 1. The minimum absolute atomic E-state index is 0.0680. The fourth-order valence-electron chi connectivity index (χ4n) is 1.49. The molecule has 0 fully saturated rings. The van der Waals surface area contributed by atoms with Crippen LogP contribution in [0, 0.1) is 6.92 Å². The molecule has 2 heterocycles. The van der Waals surface area contributed by atoms with Gasteiger partial charge in [0.1, 0.15) is 4.47 Å². The number of aromatic nitrogens is 3. The van der Waals surface area contributed by atoms with Gasteiger partial charge in [0.15, 0.2) is 0 Å². The van der Waals surface area contributed by atoms with E-state index >= 15 is 0 Å². The van der Waals surface area contributed by atoms with Gasteiger partial charge in [-0.1, -0.05) is 13.8 Å². The molecular formula is C12H14BrN3OS. The fourth-order valence-corrected chi connectivity index (χ4v) is 2.65. The van der Waals surface area contributed by atoms with E-state index < -0.39 is 0 Å². The van der Waals surface area contributed by atoms with Crippen LogP contribution < -0.4 is 5.56 Å². The first-order valence-corrected chi connectivity index (χ1v) is 7.32. The standard InChI is InChI=1S/C12H14BrN3OS/c1-7(2)11-15-9(5-18-11)4-16-6-14-8(3)10(13)12(16)17/h5-7H,4H2,1-3H3. The number of rotatable bonds is 3. The molecule has 96 valence electrons. The molecule has 0 N–H and O–H groups in total. The third-order valence-electron chi connectivity index (χ3n) is 2.55. The Morgan fingerprint density at radius 2 is 2.22 bits per heavy atom. The molecule has 0 aromatic carbocycles. The van der Waals surface area contributed by atoms with Crippen molar-refractivity contribution in [2.24, 2.45) is 0 Å². The molecule has 0 unspecified atom stereocenters. The Morgan fingerprint density at radius 3 is 2.83 bits per heavy atom. The molecule has 0 bridgehead atoms. The van der Waals surface area contributed by atoms with Gasteiger partial charge in [0.05, 0.1) is 29.3 Å². The Bertz CT molecular complexity index is 618. The highest BCUT2D eigenvalue weighted by Crippen LogP contribution is 2.19. The quantitative estimate of drug-likeness (QED) is 0.870. The largest absolute Gasteiger partial charge is 0.292 e. The van der Waals surface area contributed by atoms with Crippen LogP contribution >= 0.6 is 27.3 Å². The summed E-state index contributed by atoms with van der Waals surface area (Å²) in [4.78, 5) is 20.7. The van der Waals surface area contributed by atoms with Crippen LogP contribution in [0.3, 0.4) is 0 Å². The van der Waals surface area contributed by atoms with Gasteiger partial charge in [0, 0.05) is 11.3 Å². The Hall–Kier alpha value is -1.01. The molecule has 0 saturated heterocycles. The van der Waals surface area contributed by atoms with Crippen molar-refractivity contribution in [3.05, 3.63) is 42.9 Å². The summed E-state index contributed by atoms with van der Waals surface area (Å²) in [6.45, 7) is 6.49. The highest BCUT2D eigenvalue weighted by atomic mass is 79.9. The molecule has 2 aromatic heterocycles. The van der Waals surface area contributed by atoms with E-state index in [0.717, 1.165) is 10.7 Å². The number of thiazole rings is 1. The van der Waals surface area contributed by atoms with Crippen molar-refractivity contribution in [1.82, 2.24) is 14.5 Å². The van der Waals surface area contributed by atoms with Crippen molar-refractivity contribution < 1.29 is 0 Å². The molecule has 0 amide bonds. The molecule has 4 nitrogen and oxygen atoms in total. The molecule has 0 radical (unpaired) electrons. The predicted octanol–water partition coefficient (Wildman–Crippen LogP) is 2.94. The van der Waals surface area contributed by atoms with Gasteiger partial charge in [-0.3, -0.25) is 9.36 Å². The Balaban J connectivity index is 2.29. The van der Waals surface area contributed by atoms with E-state index in [9.17, 15) is 4.79 Å². The average molecular weight is 328 g/mol. The smallest absolute Gasteiger partial charge is 0.268 e. The summed E-state index contributed by atoms with van der Waals surface area (Å²) in [5.41, 5.74) is 1.54. The Labute approximate surface area is 118 Å². The van der Waals surface area contributed by atoms with Gasteiger partial charge in [-0.2, -0.15) is 0 Å². The van der Waals surface area contributed by atoms with Crippen LogP contribution in [0.2, 0.25) is 0 Å². The second-order valence-corrected chi connectivity index (χ2v) is 6.09. The molecule has 18 heavy (non-hydrogen) atoms.